The van der Waals surface area contributed by atoms with Crippen LogP contribution in [0.2, 0.25) is 0 Å². The van der Waals surface area contributed by atoms with E-state index in [2.05, 4.69) is 0 Å². The summed E-state index contributed by atoms with van der Waals surface area (Å²) in [4.78, 5) is 10.3. The molecule has 0 fully saturated rings. The van der Waals surface area contributed by atoms with Crippen LogP contribution in [0, 0.1) is 11.6 Å². The standard InChI is InChI=1S/C10H11F2NO3/c11-6-3-5(4-7(12)10(6)16)8(13)1-2-9(14)15/h3-4,8,16H,1-2,13H2,(H,14,15). The third-order valence-corrected chi connectivity index (χ3v) is 2.14. The van der Waals surface area contributed by atoms with Crippen LogP contribution in [0.5, 0.6) is 5.75 Å². The Morgan fingerprint density at radius 2 is 1.88 bits per heavy atom. The summed E-state index contributed by atoms with van der Waals surface area (Å²) in [5.74, 6) is -4.31. The fourth-order valence-corrected chi connectivity index (χ4v) is 1.24. The number of aromatic hydroxyl groups is 1. The first-order valence-corrected chi connectivity index (χ1v) is 4.57. The molecule has 1 rings (SSSR count). The summed E-state index contributed by atoms with van der Waals surface area (Å²) in [6, 6.07) is 1.01. The summed E-state index contributed by atoms with van der Waals surface area (Å²) in [7, 11) is 0. The molecule has 16 heavy (non-hydrogen) atoms. The van der Waals surface area contributed by atoms with Crippen molar-refractivity contribution >= 4 is 5.97 Å². The van der Waals surface area contributed by atoms with Crippen molar-refractivity contribution in [1.29, 1.82) is 0 Å². The third kappa shape index (κ3) is 2.90. The molecule has 0 spiro atoms. The van der Waals surface area contributed by atoms with Crippen molar-refractivity contribution in [3.05, 3.63) is 29.3 Å². The van der Waals surface area contributed by atoms with Crippen molar-refractivity contribution in [2.24, 2.45) is 5.73 Å². The second-order valence-electron chi connectivity index (χ2n) is 3.37. The predicted molar refractivity (Wildman–Crippen MR) is 51.8 cm³/mol. The second-order valence-corrected chi connectivity index (χ2v) is 3.37. The fourth-order valence-electron chi connectivity index (χ4n) is 1.24. The van der Waals surface area contributed by atoms with Crippen molar-refractivity contribution in [2.75, 3.05) is 0 Å². The van der Waals surface area contributed by atoms with E-state index in [9.17, 15) is 13.6 Å². The lowest BCUT2D eigenvalue weighted by molar-refractivity contribution is -0.137. The van der Waals surface area contributed by atoms with Gasteiger partial charge in [0.05, 0.1) is 0 Å². The van der Waals surface area contributed by atoms with Crippen molar-refractivity contribution < 1.29 is 23.8 Å². The molecule has 0 bridgehead atoms. The topological polar surface area (TPSA) is 83.6 Å². The number of aliphatic carboxylic acids is 1. The molecule has 1 aromatic carbocycles. The highest BCUT2D eigenvalue weighted by atomic mass is 19.1. The molecule has 0 amide bonds. The number of phenols is 1. The van der Waals surface area contributed by atoms with Crippen LogP contribution in [0.25, 0.3) is 0 Å². The van der Waals surface area contributed by atoms with Gasteiger partial charge in [0.1, 0.15) is 0 Å². The van der Waals surface area contributed by atoms with Crippen LogP contribution in [0.1, 0.15) is 24.4 Å². The van der Waals surface area contributed by atoms with Crippen LogP contribution in [0.3, 0.4) is 0 Å². The van der Waals surface area contributed by atoms with Gasteiger partial charge in [0, 0.05) is 12.5 Å². The first-order valence-electron chi connectivity index (χ1n) is 4.57. The number of hydrogen-bond donors (Lipinski definition) is 3. The summed E-state index contributed by atoms with van der Waals surface area (Å²) in [5.41, 5.74) is 5.67. The lowest BCUT2D eigenvalue weighted by atomic mass is 10.0. The normalized spacial score (nSPS) is 12.4. The largest absolute Gasteiger partial charge is 0.503 e. The van der Waals surface area contributed by atoms with Gasteiger partial charge in [-0.2, -0.15) is 0 Å². The number of rotatable bonds is 4. The average Bonchev–Trinajstić information content (AvgIpc) is 2.21. The smallest absolute Gasteiger partial charge is 0.303 e. The zero-order chi connectivity index (χ0) is 12.3. The lowest BCUT2D eigenvalue weighted by Crippen LogP contribution is -2.13. The van der Waals surface area contributed by atoms with E-state index in [0.717, 1.165) is 12.1 Å². The van der Waals surface area contributed by atoms with Crippen molar-refractivity contribution in [2.45, 2.75) is 18.9 Å². The molecule has 4 nitrogen and oxygen atoms in total. The third-order valence-electron chi connectivity index (χ3n) is 2.14. The van der Waals surface area contributed by atoms with Crippen LogP contribution in [0.15, 0.2) is 12.1 Å². The van der Waals surface area contributed by atoms with Crippen molar-refractivity contribution in [1.82, 2.24) is 0 Å². The molecular formula is C10H11F2NO3. The molecule has 0 heterocycles. The van der Waals surface area contributed by atoms with Crippen LogP contribution in [0.4, 0.5) is 8.78 Å². The molecule has 1 unspecified atom stereocenters. The van der Waals surface area contributed by atoms with Gasteiger partial charge < -0.3 is 15.9 Å². The summed E-state index contributed by atoms with van der Waals surface area (Å²) >= 11 is 0. The van der Waals surface area contributed by atoms with Gasteiger partial charge in [0.15, 0.2) is 17.4 Å². The van der Waals surface area contributed by atoms with E-state index in [1.807, 2.05) is 0 Å². The Kier molecular flexibility index (Phi) is 3.78. The van der Waals surface area contributed by atoms with Gasteiger partial charge in [-0.05, 0) is 24.1 Å². The van der Waals surface area contributed by atoms with Gasteiger partial charge in [-0.3, -0.25) is 4.79 Å². The molecule has 0 aliphatic rings. The molecule has 1 atom stereocenters. The predicted octanol–water partition coefficient (Wildman–Crippen LogP) is 1.53. The van der Waals surface area contributed by atoms with Crippen LogP contribution < -0.4 is 5.73 Å². The van der Waals surface area contributed by atoms with Gasteiger partial charge in [0.2, 0.25) is 0 Å². The summed E-state index contributed by atoms with van der Waals surface area (Å²) in [6.07, 6.45) is -0.121. The summed E-state index contributed by atoms with van der Waals surface area (Å²) in [5, 5.41) is 17.3. The molecule has 0 aliphatic carbocycles. The quantitative estimate of drug-likeness (QED) is 0.733. The number of carboxylic acids is 1. The highest BCUT2D eigenvalue weighted by Crippen LogP contribution is 2.25. The lowest BCUT2D eigenvalue weighted by Gasteiger charge is -2.11. The minimum atomic E-state index is -1.11. The van der Waals surface area contributed by atoms with E-state index in [1.165, 1.54) is 0 Å². The van der Waals surface area contributed by atoms with E-state index in [-0.39, 0.29) is 18.4 Å². The molecule has 1 aromatic rings. The number of hydrogen-bond acceptors (Lipinski definition) is 3. The minimum absolute atomic E-state index is 0.0684. The Bertz CT molecular complexity index is 386. The molecule has 0 radical (unpaired) electrons. The van der Waals surface area contributed by atoms with Crippen LogP contribution in [-0.2, 0) is 4.79 Å². The Morgan fingerprint density at radius 3 is 2.31 bits per heavy atom. The average molecular weight is 231 g/mol. The Balaban J connectivity index is 2.84. The maximum Gasteiger partial charge on any atom is 0.303 e. The number of carbonyl (C=O) groups is 1. The summed E-state index contributed by atoms with van der Waals surface area (Å²) in [6.45, 7) is 0. The number of nitrogens with two attached hydrogens (primary N) is 1. The Morgan fingerprint density at radius 1 is 1.38 bits per heavy atom. The number of phenolic OH excluding ortho intramolecular Hbond substituents is 1. The van der Waals surface area contributed by atoms with E-state index in [4.69, 9.17) is 15.9 Å². The maximum atomic E-state index is 12.9. The van der Waals surface area contributed by atoms with E-state index in [1.54, 1.807) is 0 Å². The first-order chi connectivity index (χ1) is 7.41. The highest BCUT2D eigenvalue weighted by Gasteiger charge is 2.14. The molecule has 0 saturated carbocycles. The van der Waals surface area contributed by atoms with Crippen molar-refractivity contribution in [3.63, 3.8) is 0 Å². The monoisotopic (exact) mass is 231 g/mol. The Hall–Kier alpha value is -1.69. The fraction of sp³-hybridized carbons (Fsp3) is 0.300. The van der Waals surface area contributed by atoms with E-state index < -0.39 is 29.4 Å². The zero-order valence-corrected chi connectivity index (χ0v) is 8.28. The van der Waals surface area contributed by atoms with Crippen LogP contribution >= 0.6 is 0 Å². The maximum absolute atomic E-state index is 12.9. The molecule has 88 valence electrons. The molecule has 0 saturated heterocycles. The molecule has 4 N–H and O–H groups in total. The number of carboxylic acid groups (broad SMARTS) is 1. The zero-order valence-electron chi connectivity index (χ0n) is 8.28. The number of halogens is 2. The van der Waals surface area contributed by atoms with Gasteiger partial charge in [-0.15, -0.1) is 0 Å². The highest BCUT2D eigenvalue weighted by molar-refractivity contribution is 5.66. The minimum Gasteiger partial charge on any atom is -0.503 e. The molecule has 6 heteroatoms. The van der Waals surface area contributed by atoms with Gasteiger partial charge in [0.25, 0.3) is 0 Å². The second kappa shape index (κ2) is 4.89. The van der Waals surface area contributed by atoms with Gasteiger partial charge in [-0.1, -0.05) is 0 Å². The Labute approximate surface area is 90.3 Å². The number of benzene rings is 1. The first kappa shape index (κ1) is 12.4. The van der Waals surface area contributed by atoms with Crippen molar-refractivity contribution in [3.8, 4) is 5.75 Å². The molecular weight excluding hydrogens is 220 g/mol. The SMILES string of the molecule is NC(CCC(=O)O)c1cc(F)c(O)c(F)c1. The van der Waals surface area contributed by atoms with Gasteiger partial charge >= 0.3 is 5.97 Å². The summed E-state index contributed by atoms with van der Waals surface area (Å²) < 4.78 is 25.9. The molecule has 0 aromatic heterocycles. The van der Waals surface area contributed by atoms with Crippen LogP contribution in [-0.4, -0.2) is 16.2 Å². The van der Waals surface area contributed by atoms with Gasteiger partial charge in [-0.25, -0.2) is 8.78 Å². The van der Waals surface area contributed by atoms with E-state index in [0.29, 0.717) is 0 Å². The van der Waals surface area contributed by atoms with E-state index >= 15 is 0 Å². The molecule has 0 aliphatic heterocycles.